The molecule has 2 saturated carbocycles. The Morgan fingerprint density at radius 3 is 2.55 bits per heavy atom. The minimum atomic E-state index is 0.130. The average molecular weight is 535 g/mol. The molecule has 1 aromatic carbocycles. The molecule has 2 atom stereocenters. The van der Waals surface area contributed by atoms with Gasteiger partial charge in [0.2, 0.25) is 5.95 Å². The van der Waals surface area contributed by atoms with E-state index in [0.717, 1.165) is 53.0 Å². The second-order valence-electron chi connectivity index (χ2n) is 11.7. The molecule has 2 unspecified atom stereocenters. The molecule has 6 rings (SSSR count). The SMILES string of the molecule is CSc1nc(NC(C)C2CCC2)c2c(n1)nc(N1CCOCC1c1ccccc1)n2CC1CCC(C)CC1. The summed E-state index contributed by atoms with van der Waals surface area (Å²) < 4.78 is 8.47. The van der Waals surface area contributed by atoms with Gasteiger partial charge in [-0.1, -0.05) is 68.3 Å². The predicted octanol–water partition coefficient (Wildman–Crippen LogP) is 6.55. The van der Waals surface area contributed by atoms with E-state index in [1.807, 2.05) is 0 Å². The van der Waals surface area contributed by atoms with Crippen LogP contribution in [0.3, 0.4) is 0 Å². The molecule has 3 fully saturated rings. The maximum atomic E-state index is 6.00. The smallest absolute Gasteiger partial charge is 0.208 e. The fourth-order valence-corrected chi connectivity index (χ4v) is 6.79. The van der Waals surface area contributed by atoms with Crippen LogP contribution < -0.4 is 10.2 Å². The molecular weight excluding hydrogens is 492 g/mol. The number of hydrogen-bond donors (Lipinski definition) is 1. The van der Waals surface area contributed by atoms with Crippen LogP contribution in [0.15, 0.2) is 35.5 Å². The van der Waals surface area contributed by atoms with Crippen molar-refractivity contribution in [3.8, 4) is 0 Å². The van der Waals surface area contributed by atoms with Crippen LogP contribution in [0.25, 0.3) is 11.2 Å². The van der Waals surface area contributed by atoms with Gasteiger partial charge >= 0.3 is 0 Å². The first-order chi connectivity index (χ1) is 18.6. The van der Waals surface area contributed by atoms with Crippen molar-refractivity contribution in [1.82, 2.24) is 19.5 Å². The molecule has 0 radical (unpaired) electrons. The molecule has 0 bridgehead atoms. The molecule has 3 heterocycles. The fraction of sp³-hybridized carbons (Fsp3) is 0.633. The Hall–Kier alpha value is -2.32. The minimum Gasteiger partial charge on any atom is -0.377 e. The molecule has 1 N–H and O–H groups in total. The molecule has 1 aliphatic heterocycles. The summed E-state index contributed by atoms with van der Waals surface area (Å²) in [5, 5.41) is 4.62. The minimum absolute atomic E-state index is 0.130. The third-order valence-corrected chi connectivity index (χ3v) is 9.66. The number of hydrogen-bond acceptors (Lipinski definition) is 7. The van der Waals surface area contributed by atoms with Gasteiger partial charge < -0.3 is 19.5 Å². The van der Waals surface area contributed by atoms with Crippen LogP contribution in [0.1, 0.15) is 70.4 Å². The van der Waals surface area contributed by atoms with E-state index in [9.17, 15) is 0 Å². The summed E-state index contributed by atoms with van der Waals surface area (Å²) in [4.78, 5) is 17.7. The quantitative estimate of drug-likeness (QED) is 0.259. The number of aromatic nitrogens is 4. The Labute approximate surface area is 231 Å². The molecule has 3 aliphatic rings. The molecular formula is C30H42N6OS. The van der Waals surface area contributed by atoms with Crippen LogP contribution in [0.4, 0.5) is 11.8 Å². The Balaban J connectivity index is 1.45. The Kier molecular flexibility index (Phi) is 7.80. The van der Waals surface area contributed by atoms with Gasteiger partial charge in [-0.25, -0.2) is 9.97 Å². The molecule has 204 valence electrons. The van der Waals surface area contributed by atoms with E-state index in [1.54, 1.807) is 11.8 Å². The summed E-state index contributed by atoms with van der Waals surface area (Å²) in [6.07, 6.45) is 11.2. The van der Waals surface area contributed by atoms with Crippen molar-refractivity contribution in [2.75, 3.05) is 36.2 Å². The van der Waals surface area contributed by atoms with Gasteiger partial charge in [0.15, 0.2) is 16.6 Å². The molecule has 0 spiro atoms. The second kappa shape index (κ2) is 11.4. The zero-order valence-electron chi connectivity index (χ0n) is 23.1. The number of nitrogens with zero attached hydrogens (tertiary/aromatic N) is 5. The molecule has 7 nitrogen and oxygen atoms in total. The number of anilines is 2. The van der Waals surface area contributed by atoms with Crippen LogP contribution in [0.5, 0.6) is 0 Å². The van der Waals surface area contributed by atoms with E-state index in [1.165, 1.54) is 50.5 Å². The van der Waals surface area contributed by atoms with Gasteiger partial charge in [-0.15, -0.1) is 0 Å². The maximum absolute atomic E-state index is 6.00. The summed E-state index contributed by atoms with van der Waals surface area (Å²) in [6, 6.07) is 11.3. The number of imidazole rings is 1. The number of ether oxygens (including phenoxy) is 1. The highest BCUT2D eigenvalue weighted by Gasteiger charge is 2.32. The molecule has 2 aliphatic carbocycles. The largest absolute Gasteiger partial charge is 0.377 e. The number of fused-ring (bicyclic) bond motifs is 1. The van der Waals surface area contributed by atoms with E-state index in [4.69, 9.17) is 19.7 Å². The number of thioether (sulfide) groups is 1. The topological polar surface area (TPSA) is 68.1 Å². The number of morpholine rings is 1. The van der Waals surface area contributed by atoms with E-state index in [0.29, 0.717) is 25.2 Å². The van der Waals surface area contributed by atoms with Crippen LogP contribution in [-0.2, 0) is 11.3 Å². The maximum Gasteiger partial charge on any atom is 0.208 e. The van der Waals surface area contributed by atoms with Crippen LogP contribution in [0, 0.1) is 17.8 Å². The van der Waals surface area contributed by atoms with E-state index in [2.05, 4.69) is 65.2 Å². The summed E-state index contributed by atoms with van der Waals surface area (Å²) >= 11 is 1.59. The monoisotopic (exact) mass is 534 g/mol. The van der Waals surface area contributed by atoms with Crippen LogP contribution in [0.2, 0.25) is 0 Å². The third kappa shape index (κ3) is 5.26. The lowest BCUT2D eigenvalue weighted by atomic mass is 9.80. The lowest BCUT2D eigenvalue weighted by Crippen LogP contribution is -2.41. The Morgan fingerprint density at radius 1 is 1.05 bits per heavy atom. The second-order valence-corrected chi connectivity index (χ2v) is 12.5. The predicted molar refractivity (Wildman–Crippen MR) is 156 cm³/mol. The highest BCUT2D eigenvalue weighted by Crippen LogP contribution is 2.38. The first kappa shape index (κ1) is 25.9. The lowest BCUT2D eigenvalue weighted by Gasteiger charge is -2.37. The van der Waals surface area contributed by atoms with Gasteiger partial charge in [-0.05, 0) is 62.2 Å². The molecule has 38 heavy (non-hydrogen) atoms. The van der Waals surface area contributed by atoms with Crippen molar-refractivity contribution in [3.63, 3.8) is 0 Å². The summed E-state index contributed by atoms with van der Waals surface area (Å²) in [7, 11) is 0. The van der Waals surface area contributed by atoms with Crippen molar-refractivity contribution < 1.29 is 4.74 Å². The van der Waals surface area contributed by atoms with Crippen molar-refractivity contribution in [2.24, 2.45) is 17.8 Å². The number of rotatable bonds is 8. The van der Waals surface area contributed by atoms with E-state index in [-0.39, 0.29) is 6.04 Å². The van der Waals surface area contributed by atoms with Gasteiger partial charge in [0, 0.05) is 19.1 Å². The fourth-order valence-electron chi connectivity index (χ4n) is 6.43. The summed E-state index contributed by atoms with van der Waals surface area (Å²) in [5.41, 5.74) is 3.15. The number of benzene rings is 1. The van der Waals surface area contributed by atoms with Crippen molar-refractivity contribution in [2.45, 2.75) is 82.6 Å². The first-order valence-corrected chi connectivity index (χ1v) is 15.8. The molecule has 2 aromatic heterocycles. The summed E-state index contributed by atoms with van der Waals surface area (Å²) in [5.74, 6) is 4.17. The molecule has 0 amide bonds. The van der Waals surface area contributed by atoms with E-state index < -0.39 is 0 Å². The standard InChI is InChI=1S/C30H42N6OS/c1-20-12-14-22(15-13-20)18-36-26-27(31-21(2)23-10-7-11-23)32-29(38-3)33-28(26)34-30(36)35-16-17-37-19-25(35)24-8-5-4-6-9-24/h4-6,8-9,20-23,25H,7,10-19H2,1-3H3,(H,31,32,33). The highest BCUT2D eigenvalue weighted by molar-refractivity contribution is 7.98. The highest BCUT2D eigenvalue weighted by atomic mass is 32.2. The van der Waals surface area contributed by atoms with E-state index >= 15 is 0 Å². The normalized spacial score (nSPS) is 25.3. The molecule has 3 aromatic rings. The van der Waals surface area contributed by atoms with Gasteiger partial charge in [-0.2, -0.15) is 4.98 Å². The van der Waals surface area contributed by atoms with Crippen LogP contribution in [-0.4, -0.2) is 51.6 Å². The van der Waals surface area contributed by atoms with Crippen LogP contribution >= 0.6 is 11.8 Å². The average Bonchev–Trinajstić information content (AvgIpc) is 3.27. The van der Waals surface area contributed by atoms with Crippen molar-refractivity contribution in [1.29, 1.82) is 0 Å². The van der Waals surface area contributed by atoms with Gasteiger partial charge in [0.05, 0.1) is 19.3 Å². The molecule has 1 saturated heterocycles. The first-order valence-electron chi connectivity index (χ1n) is 14.6. The van der Waals surface area contributed by atoms with Crippen molar-refractivity contribution >= 4 is 34.7 Å². The molecule has 8 heteroatoms. The van der Waals surface area contributed by atoms with Gasteiger partial charge in [0.25, 0.3) is 0 Å². The zero-order chi connectivity index (χ0) is 26.1. The lowest BCUT2D eigenvalue weighted by molar-refractivity contribution is 0.0927. The number of nitrogens with one attached hydrogen (secondary N) is 1. The Morgan fingerprint density at radius 2 is 1.84 bits per heavy atom. The zero-order valence-corrected chi connectivity index (χ0v) is 23.9. The van der Waals surface area contributed by atoms with Crippen molar-refractivity contribution in [3.05, 3.63) is 35.9 Å². The van der Waals surface area contributed by atoms with Gasteiger partial charge in [-0.3, -0.25) is 0 Å². The third-order valence-electron chi connectivity index (χ3n) is 9.11. The van der Waals surface area contributed by atoms with Gasteiger partial charge in [0.1, 0.15) is 5.52 Å². The Bertz CT molecular complexity index is 1220. The summed E-state index contributed by atoms with van der Waals surface area (Å²) in [6.45, 7) is 7.86.